The van der Waals surface area contributed by atoms with Crippen LogP contribution in [0.1, 0.15) is 12.8 Å². The molecular weight excluding hydrogens is 234 g/mol. The van der Waals surface area contributed by atoms with Crippen molar-refractivity contribution in [3.8, 4) is 0 Å². The number of carbonyl (C=O) groups is 2. The Bertz CT molecular complexity index is 370. The quantitative estimate of drug-likeness (QED) is 0.698. The summed E-state index contributed by atoms with van der Waals surface area (Å²) < 4.78 is 4.80. The maximum absolute atomic E-state index is 12.2. The van der Waals surface area contributed by atoms with E-state index in [1.54, 1.807) is 0 Å². The number of esters is 1. The van der Waals surface area contributed by atoms with Crippen LogP contribution in [0.15, 0.2) is 0 Å². The standard InChI is InChI=1S/C12H19N3O3/c1-18-11(16)10-9-7-14(6-8-2-3-8)12(17)15(9)5-4-13-10/h8-10,13H,2-7H2,1H3. The Balaban J connectivity index is 1.72. The fourth-order valence-corrected chi connectivity index (χ4v) is 2.88. The van der Waals surface area contributed by atoms with Crippen LogP contribution in [0.5, 0.6) is 0 Å². The van der Waals surface area contributed by atoms with Crippen molar-refractivity contribution >= 4 is 12.0 Å². The zero-order valence-corrected chi connectivity index (χ0v) is 10.6. The van der Waals surface area contributed by atoms with Gasteiger partial charge in [0.05, 0.1) is 13.2 Å². The summed E-state index contributed by atoms with van der Waals surface area (Å²) in [5, 5.41) is 3.16. The maximum Gasteiger partial charge on any atom is 0.325 e. The van der Waals surface area contributed by atoms with Gasteiger partial charge in [0, 0.05) is 26.2 Å². The van der Waals surface area contributed by atoms with Crippen molar-refractivity contribution in [3.05, 3.63) is 0 Å². The van der Waals surface area contributed by atoms with Gasteiger partial charge in [0.2, 0.25) is 0 Å². The molecule has 2 heterocycles. The van der Waals surface area contributed by atoms with Gasteiger partial charge in [0.15, 0.2) is 0 Å². The monoisotopic (exact) mass is 253 g/mol. The number of nitrogens with zero attached hydrogens (tertiary/aromatic N) is 2. The molecule has 1 aliphatic carbocycles. The lowest BCUT2D eigenvalue weighted by molar-refractivity contribution is -0.145. The third-order valence-electron chi connectivity index (χ3n) is 4.06. The van der Waals surface area contributed by atoms with E-state index in [0.717, 1.165) is 6.54 Å². The average molecular weight is 253 g/mol. The number of nitrogens with one attached hydrogen (secondary N) is 1. The minimum Gasteiger partial charge on any atom is -0.468 e. The molecule has 2 aliphatic heterocycles. The van der Waals surface area contributed by atoms with Crippen LogP contribution in [0.3, 0.4) is 0 Å². The molecule has 2 atom stereocenters. The fraction of sp³-hybridized carbons (Fsp3) is 0.833. The predicted molar refractivity (Wildman–Crippen MR) is 64.0 cm³/mol. The van der Waals surface area contributed by atoms with E-state index in [0.29, 0.717) is 25.6 Å². The molecule has 0 aromatic rings. The molecule has 1 saturated carbocycles. The van der Waals surface area contributed by atoms with Gasteiger partial charge in [-0.25, -0.2) is 4.79 Å². The highest BCUT2D eigenvalue weighted by Crippen LogP contribution is 2.32. The van der Waals surface area contributed by atoms with E-state index in [2.05, 4.69) is 5.32 Å². The Morgan fingerprint density at radius 1 is 1.50 bits per heavy atom. The van der Waals surface area contributed by atoms with Crippen LogP contribution >= 0.6 is 0 Å². The highest BCUT2D eigenvalue weighted by Gasteiger charge is 2.47. The van der Waals surface area contributed by atoms with Crippen LogP contribution in [-0.2, 0) is 9.53 Å². The first-order chi connectivity index (χ1) is 8.70. The summed E-state index contributed by atoms with van der Waals surface area (Å²) in [6, 6.07) is -0.364. The lowest BCUT2D eigenvalue weighted by atomic mass is 10.1. The van der Waals surface area contributed by atoms with Crippen molar-refractivity contribution in [2.75, 3.05) is 33.3 Å². The zero-order chi connectivity index (χ0) is 12.7. The molecule has 18 heavy (non-hydrogen) atoms. The summed E-state index contributed by atoms with van der Waals surface area (Å²) in [6.07, 6.45) is 2.46. The number of hydrogen-bond donors (Lipinski definition) is 1. The number of carbonyl (C=O) groups excluding carboxylic acids is 2. The van der Waals surface area contributed by atoms with E-state index < -0.39 is 0 Å². The maximum atomic E-state index is 12.2. The lowest BCUT2D eigenvalue weighted by Crippen LogP contribution is -2.60. The number of methoxy groups -OCH3 is 1. The summed E-state index contributed by atoms with van der Waals surface area (Å²) in [6.45, 7) is 2.82. The molecule has 3 fully saturated rings. The van der Waals surface area contributed by atoms with E-state index in [1.807, 2.05) is 9.80 Å². The molecule has 0 spiro atoms. The molecule has 6 heteroatoms. The van der Waals surface area contributed by atoms with Crippen molar-refractivity contribution in [2.24, 2.45) is 5.92 Å². The molecule has 3 rings (SSSR count). The lowest BCUT2D eigenvalue weighted by Gasteiger charge is -2.34. The number of amides is 2. The summed E-state index contributed by atoms with van der Waals surface area (Å²) in [7, 11) is 1.39. The van der Waals surface area contributed by atoms with Crippen molar-refractivity contribution < 1.29 is 14.3 Å². The fourth-order valence-electron chi connectivity index (χ4n) is 2.88. The number of hydrogen-bond acceptors (Lipinski definition) is 4. The molecule has 0 aromatic carbocycles. The van der Waals surface area contributed by atoms with Gasteiger partial charge in [-0.15, -0.1) is 0 Å². The summed E-state index contributed by atoms with van der Waals surface area (Å²) >= 11 is 0. The van der Waals surface area contributed by atoms with Gasteiger partial charge in [0.25, 0.3) is 0 Å². The Labute approximate surface area is 106 Å². The molecule has 3 aliphatic rings. The second-order valence-electron chi connectivity index (χ2n) is 5.35. The molecule has 0 aromatic heterocycles. The smallest absolute Gasteiger partial charge is 0.325 e. The Morgan fingerprint density at radius 2 is 2.28 bits per heavy atom. The molecule has 2 unspecified atom stereocenters. The SMILES string of the molecule is COC(=O)C1NCCN2C(=O)N(CC3CC3)CC12. The van der Waals surface area contributed by atoms with Crippen molar-refractivity contribution in [1.29, 1.82) is 0 Å². The van der Waals surface area contributed by atoms with Crippen LogP contribution in [0, 0.1) is 5.92 Å². The third kappa shape index (κ3) is 1.94. The Morgan fingerprint density at radius 3 is 2.94 bits per heavy atom. The zero-order valence-electron chi connectivity index (χ0n) is 10.6. The molecule has 2 saturated heterocycles. The van der Waals surface area contributed by atoms with Crippen LogP contribution < -0.4 is 5.32 Å². The Hall–Kier alpha value is -1.30. The number of ether oxygens (including phenoxy) is 1. The van der Waals surface area contributed by atoms with Gasteiger partial charge >= 0.3 is 12.0 Å². The molecule has 0 bridgehead atoms. The van der Waals surface area contributed by atoms with Crippen molar-refractivity contribution in [2.45, 2.75) is 24.9 Å². The molecule has 2 amide bonds. The largest absolute Gasteiger partial charge is 0.468 e. The average Bonchev–Trinajstić information content (AvgIpc) is 3.14. The number of piperazine rings is 1. The van der Waals surface area contributed by atoms with Gasteiger partial charge in [0.1, 0.15) is 6.04 Å². The second-order valence-corrected chi connectivity index (χ2v) is 5.35. The first-order valence-corrected chi connectivity index (χ1v) is 6.57. The highest BCUT2D eigenvalue weighted by atomic mass is 16.5. The van der Waals surface area contributed by atoms with Crippen LogP contribution in [0.2, 0.25) is 0 Å². The first-order valence-electron chi connectivity index (χ1n) is 6.57. The van der Waals surface area contributed by atoms with E-state index >= 15 is 0 Å². The van der Waals surface area contributed by atoms with Crippen molar-refractivity contribution in [3.63, 3.8) is 0 Å². The minimum atomic E-state index is -0.378. The number of fused-ring (bicyclic) bond motifs is 1. The van der Waals surface area contributed by atoms with E-state index in [-0.39, 0.29) is 24.1 Å². The van der Waals surface area contributed by atoms with E-state index in [9.17, 15) is 9.59 Å². The molecule has 6 nitrogen and oxygen atoms in total. The summed E-state index contributed by atoms with van der Waals surface area (Å²) in [5.74, 6) is 0.408. The molecular formula is C12H19N3O3. The number of urea groups is 1. The van der Waals surface area contributed by atoms with Crippen molar-refractivity contribution in [1.82, 2.24) is 15.1 Å². The van der Waals surface area contributed by atoms with Gasteiger partial charge in [-0.05, 0) is 18.8 Å². The molecule has 100 valence electrons. The van der Waals surface area contributed by atoms with Crippen LogP contribution in [0.25, 0.3) is 0 Å². The molecule has 0 radical (unpaired) electrons. The number of rotatable bonds is 3. The van der Waals surface area contributed by atoms with Gasteiger partial charge in [-0.1, -0.05) is 0 Å². The minimum absolute atomic E-state index is 0.0718. The van der Waals surface area contributed by atoms with Gasteiger partial charge in [-0.2, -0.15) is 0 Å². The van der Waals surface area contributed by atoms with E-state index in [4.69, 9.17) is 4.74 Å². The normalized spacial score (nSPS) is 31.5. The topological polar surface area (TPSA) is 61.9 Å². The highest BCUT2D eigenvalue weighted by molar-refractivity contribution is 5.82. The van der Waals surface area contributed by atoms with Crippen LogP contribution in [0.4, 0.5) is 4.79 Å². The summed E-state index contributed by atoms with van der Waals surface area (Å²) in [4.78, 5) is 27.7. The molecule has 1 N–H and O–H groups in total. The second kappa shape index (κ2) is 4.42. The third-order valence-corrected chi connectivity index (χ3v) is 4.06. The van der Waals surface area contributed by atoms with Crippen LogP contribution in [-0.4, -0.2) is 67.2 Å². The van der Waals surface area contributed by atoms with Gasteiger partial charge in [-0.3, -0.25) is 4.79 Å². The predicted octanol–water partition coefficient (Wildman–Crippen LogP) is -0.353. The van der Waals surface area contributed by atoms with E-state index in [1.165, 1.54) is 20.0 Å². The summed E-state index contributed by atoms with van der Waals surface area (Å²) in [5.41, 5.74) is 0. The first kappa shape index (κ1) is 11.8. The Kier molecular flexibility index (Phi) is 2.89. The van der Waals surface area contributed by atoms with Gasteiger partial charge < -0.3 is 19.9 Å².